The Morgan fingerprint density at radius 3 is 2.06 bits per heavy atom. The average molecular weight is 438 g/mol. The summed E-state index contributed by atoms with van der Waals surface area (Å²) < 4.78 is 5.71. The molecule has 164 valence electrons. The van der Waals surface area contributed by atoms with Gasteiger partial charge in [-0.05, 0) is 35.4 Å². The maximum absolute atomic E-state index is 5.71. The Morgan fingerprint density at radius 1 is 0.647 bits per heavy atom. The van der Waals surface area contributed by atoms with E-state index >= 15 is 0 Å². The lowest BCUT2D eigenvalue weighted by atomic mass is 9.35. The van der Waals surface area contributed by atoms with Crippen LogP contribution in [-0.2, 0) is 0 Å². The molecule has 5 aromatic carbocycles. The molecule has 0 aliphatic heterocycles. The van der Waals surface area contributed by atoms with Gasteiger partial charge < -0.3 is 4.74 Å². The van der Waals surface area contributed by atoms with Gasteiger partial charge in [0, 0.05) is 5.56 Å². The zero-order valence-electron chi connectivity index (χ0n) is 19.6. The number of hydrogen-bond donors (Lipinski definition) is 0. The molecule has 0 aromatic heterocycles. The van der Waals surface area contributed by atoms with E-state index < -0.39 is 0 Å². The molecule has 0 heterocycles. The molecule has 0 atom stereocenters. The fourth-order valence-electron chi connectivity index (χ4n) is 4.61. The monoisotopic (exact) mass is 438 g/mol. The molecule has 1 nitrogen and oxygen atoms in total. The van der Waals surface area contributed by atoms with Gasteiger partial charge in [-0.15, -0.1) is 0 Å². The molecule has 5 aromatic rings. The van der Waals surface area contributed by atoms with Gasteiger partial charge in [-0.2, -0.15) is 0 Å². The van der Waals surface area contributed by atoms with Crippen molar-refractivity contribution in [2.75, 3.05) is 7.11 Å². The Bertz CT molecular complexity index is 1440. The predicted molar refractivity (Wildman–Crippen MR) is 147 cm³/mol. The van der Waals surface area contributed by atoms with E-state index in [1.54, 1.807) is 7.11 Å². The normalized spacial score (nSPS) is 11.4. The van der Waals surface area contributed by atoms with Gasteiger partial charge >= 0.3 is 0 Å². The molecule has 5 rings (SSSR count). The van der Waals surface area contributed by atoms with Gasteiger partial charge in [0.2, 0.25) is 6.71 Å². The van der Waals surface area contributed by atoms with Crippen molar-refractivity contribution in [2.24, 2.45) is 0 Å². The van der Waals surface area contributed by atoms with Gasteiger partial charge in [0.05, 0.1) is 7.11 Å². The van der Waals surface area contributed by atoms with E-state index in [2.05, 4.69) is 122 Å². The zero-order chi connectivity index (χ0) is 23.3. The molecular weight excluding hydrogens is 411 g/mol. The molecule has 0 aliphatic rings. The van der Waals surface area contributed by atoms with Crippen molar-refractivity contribution in [1.29, 1.82) is 0 Å². The number of ether oxygens (including phenoxy) is 1. The highest BCUT2D eigenvalue weighted by Gasteiger charge is 2.25. The van der Waals surface area contributed by atoms with Crippen LogP contribution < -0.4 is 15.7 Å². The van der Waals surface area contributed by atoms with Gasteiger partial charge in [-0.3, -0.25) is 0 Å². The van der Waals surface area contributed by atoms with Crippen LogP contribution in [0, 0.1) is 6.92 Å². The van der Waals surface area contributed by atoms with Gasteiger partial charge in [-0.1, -0.05) is 137 Å². The number of benzene rings is 5. The van der Waals surface area contributed by atoms with E-state index in [9.17, 15) is 0 Å². The first kappa shape index (κ1) is 21.8. The van der Waals surface area contributed by atoms with Crippen LogP contribution >= 0.6 is 0 Å². The highest BCUT2D eigenvalue weighted by Crippen LogP contribution is 2.28. The molecule has 0 N–H and O–H groups in total. The highest BCUT2D eigenvalue weighted by atomic mass is 16.5. The Morgan fingerprint density at radius 2 is 1.29 bits per heavy atom. The second-order valence-corrected chi connectivity index (χ2v) is 8.66. The van der Waals surface area contributed by atoms with E-state index in [-0.39, 0.29) is 6.71 Å². The Labute approximate surface area is 202 Å². The Kier molecular flexibility index (Phi) is 6.31. The molecule has 2 heteroatoms. The first-order chi connectivity index (χ1) is 16.7. The van der Waals surface area contributed by atoms with Crippen LogP contribution in [0.3, 0.4) is 0 Å². The van der Waals surface area contributed by atoms with Gasteiger partial charge in [-0.25, -0.2) is 0 Å². The molecule has 0 radical (unpaired) electrons. The van der Waals surface area contributed by atoms with Crippen molar-refractivity contribution in [3.05, 3.63) is 138 Å². The molecule has 0 saturated heterocycles. The average Bonchev–Trinajstić information content (AvgIpc) is 2.90. The maximum atomic E-state index is 5.71. The molecule has 0 amide bonds. The van der Waals surface area contributed by atoms with Crippen LogP contribution in [0.1, 0.15) is 16.7 Å². The number of hydrogen-bond acceptors (Lipinski definition) is 1. The summed E-state index contributed by atoms with van der Waals surface area (Å²) in [6.45, 7) is 2.21. The number of aryl methyl sites for hydroxylation is 1. The second-order valence-electron chi connectivity index (χ2n) is 8.66. The number of fused-ring (bicyclic) bond motifs is 1. The smallest absolute Gasteiger partial charge is 0.241 e. The first-order valence-corrected chi connectivity index (χ1v) is 11.7. The summed E-state index contributed by atoms with van der Waals surface area (Å²) in [6.07, 6.45) is 2.29. The standard InChI is InChI=1S/C32H27BO/c1-24-16-20-30(21-17-24)33(29-13-4-3-5-14-29)31(23-28-12-8-9-15-32(28)34-2)27-19-18-25-10-6-7-11-26(25)22-27/h3-23H,1-2H3/b31-23-. The minimum atomic E-state index is 0.0767. The lowest BCUT2D eigenvalue weighted by Gasteiger charge is -2.21. The van der Waals surface area contributed by atoms with Crippen LogP contribution in [-0.4, -0.2) is 13.8 Å². The molecule has 0 aliphatic carbocycles. The number of para-hydroxylation sites is 1. The molecule has 0 unspecified atom stereocenters. The number of methoxy groups -OCH3 is 1. The van der Waals surface area contributed by atoms with Gasteiger partial charge in [0.25, 0.3) is 0 Å². The zero-order valence-corrected chi connectivity index (χ0v) is 19.6. The minimum Gasteiger partial charge on any atom is -0.496 e. The second kappa shape index (κ2) is 9.85. The minimum absolute atomic E-state index is 0.0767. The van der Waals surface area contributed by atoms with Crippen molar-refractivity contribution in [2.45, 2.75) is 6.92 Å². The summed E-state index contributed by atoms with van der Waals surface area (Å²) >= 11 is 0. The third-order valence-corrected chi connectivity index (χ3v) is 6.39. The largest absolute Gasteiger partial charge is 0.496 e. The fourth-order valence-corrected chi connectivity index (χ4v) is 4.61. The van der Waals surface area contributed by atoms with Crippen molar-refractivity contribution >= 4 is 40.0 Å². The third kappa shape index (κ3) is 4.53. The van der Waals surface area contributed by atoms with Crippen LogP contribution in [0.25, 0.3) is 22.3 Å². The van der Waals surface area contributed by atoms with Crippen molar-refractivity contribution in [3.63, 3.8) is 0 Å². The fraction of sp³-hybridized carbons (Fsp3) is 0.0625. The van der Waals surface area contributed by atoms with Crippen LogP contribution in [0.2, 0.25) is 0 Å². The van der Waals surface area contributed by atoms with Gasteiger partial charge in [0.15, 0.2) is 0 Å². The maximum Gasteiger partial charge on any atom is 0.241 e. The lowest BCUT2D eigenvalue weighted by Crippen LogP contribution is -2.43. The predicted octanol–water partition coefficient (Wildman–Crippen LogP) is 6.55. The SMILES string of the molecule is COc1ccccc1/C=C(\B(c1ccccc1)c1ccc(C)cc1)c1ccc2ccccc2c1. The van der Waals surface area contributed by atoms with E-state index in [0.29, 0.717) is 0 Å². The van der Waals surface area contributed by atoms with Crippen molar-refractivity contribution in [1.82, 2.24) is 0 Å². The lowest BCUT2D eigenvalue weighted by molar-refractivity contribution is 0.414. The van der Waals surface area contributed by atoms with Crippen LogP contribution in [0.15, 0.2) is 121 Å². The highest BCUT2D eigenvalue weighted by molar-refractivity contribution is 7.00. The first-order valence-electron chi connectivity index (χ1n) is 11.7. The summed E-state index contributed by atoms with van der Waals surface area (Å²) in [4.78, 5) is 0. The van der Waals surface area contributed by atoms with Crippen molar-refractivity contribution in [3.8, 4) is 5.75 Å². The summed E-state index contributed by atoms with van der Waals surface area (Å²) in [5, 5.41) is 2.48. The van der Waals surface area contributed by atoms with E-state index in [1.807, 2.05) is 12.1 Å². The van der Waals surface area contributed by atoms with Crippen LogP contribution in [0.5, 0.6) is 5.75 Å². The molecular formula is C32H27BO. The quantitative estimate of drug-likeness (QED) is 0.216. The topological polar surface area (TPSA) is 9.23 Å². The number of rotatable bonds is 6. The summed E-state index contributed by atoms with van der Waals surface area (Å²) in [5.74, 6) is 0.872. The Balaban J connectivity index is 1.78. The molecule has 0 bridgehead atoms. The summed E-state index contributed by atoms with van der Waals surface area (Å²) in [6, 6.07) is 43.2. The van der Waals surface area contributed by atoms with E-state index in [1.165, 1.54) is 38.3 Å². The molecule has 34 heavy (non-hydrogen) atoms. The van der Waals surface area contributed by atoms with Crippen molar-refractivity contribution < 1.29 is 4.74 Å². The molecule has 0 fully saturated rings. The van der Waals surface area contributed by atoms with E-state index in [4.69, 9.17) is 4.74 Å². The molecule has 0 spiro atoms. The van der Waals surface area contributed by atoms with Crippen LogP contribution in [0.4, 0.5) is 0 Å². The summed E-state index contributed by atoms with van der Waals surface area (Å²) in [7, 11) is 1.73. The van der Waals surface area contributed by atoms with Gasteiger partial charge in [0.1, 0.15) is 5.75 Å². The Hall–Kier alpha value is -4.04. The third-order valence-electron chi connectivity index (χ3n) is 6.39. The van der Waals surface area contributed by atoms with E-state index in [0.717, 1.165) is 11.3 Å². The summed E-state index contributed by atoms with van der Waals surface area (Å²) in [5.41, 5.74) is 7.31. The molecule has 0 saturated carbocycles.